The van der Waals surface area contributed by atoms with Crippen molar-refractivity contribution in [2.24, 2.45) is 0 Å². The first-order valence-corrected chi connectivity index (χ1v) is 2.26. The van der Waals surface area contributed by atoms with Gasteiger partial charge in [0.25, 0.3) is 0 Å². The largest absolute Gasteiger partial charge is 0.478 e. The summed E-state index contributed by atoms with van der Waals surface area (Å²) in [4.78, 5) is 9.72. The number of hydrogen-bond donors (Lipinski definition) is 1. The highest BCUT2D eigenvalue weighted by molar-refractivity contribution is 6.31. The van der Waals surface area contributed by atoms with Crippen molar-refractivity contribution >= 4 is 17.6 Å². The van der Waals surface area contributed by atoms with Gasteiger partial charge in [-0.2, -0.15) is 0 Å². The number of rotatable bonds is 2. The summed E-state index contributed by atoms with van der Waals surface area (Å²) in [6.07, 6.45) is 2.14. The predicted octanol–water partition coefficient (Wildman–Crippen LogP) is 1.38. The second kappa shape index (κ2) is 3.27. The molecule has 0 aromatic rings. The highest BCUT2D eigenvalue weighted by Crippen LogP contribution is 1.96. The van der Waals surface area contributed by atoms with Crippen LogP contribution in [-0.4, -0.2) is 11.1 Å². The molecule has 8 heavy (non-hydrogen) atoms. The van der Waals surface area contributed by atoms with Gasteiger partial charge in [-0.1, -0.05) is 18.2 Å². The molecule has 0 aliphatic carbocycles. The average molecular weight is 133 g/mol. The Morgan fingerprint density at radius 3 is 2.25 bits per heavy atom. The van der Waals surface area contributed by atoms with Gasteiger partial charge in [0.2, 0.25) is 0 Å². The van der Waals surface area contributed by atoms with E-state index in [0.29, 0.717) is 0 Å². The highest BCUT2D eigenvalue weighted by atomic mass is 35.5. The molecule has 0 saturated heterocycles. The molecule has 0 spiro atoms. The minimum absolute atomic E-state index is 0.215. The minimum atomic E-state index is -1.02. The molecule has 2 nitrogen and oxygen atoms in total. The summed E-state index contributed by atoms with van der Waals surface area (Å²) in [5.41, 5.74) is 0. The van der Waals surface area contributed by atoms with Crippen molar-refractivity contribution in [2.75, 3.05) is 0 Å². The van der Waals surface area contributed by atoms with Gasteiger partial charge in [0.05, 0.1) is 0 Å². The third-order valence-corrected chi connectivity index (χ3v) is 0.533. The first-order chi connectivity index (χ1) is 3.63. The van der Waals surface area contributed by atoms with Crippen LogP contribution >= 0.6 is 11.6 Å². The SMILES string of the molecule is C=C(Cl)/C=C/C(=O)O. The maximum atomic E-state index is 9.72. The van der Waals surface area contributed by atoms with Crippen LogP contribution < -0.4 is 0 Å². The molecule has 0 fully saturated rings. The van der Waals surface area contributed by atoms with E-state index in [-0.39, 0.29) is 5.03 Å². The number of carbonyl (C=O) groups is 1. The topological polar surface area (TPSA) is 37.3 Å². The molecule has 3 heteroatoms. The fraction of sp³-hybridized carbons (Fsp3) is 0. The van der Waals surface area contributed by atoms with E-state index in [4.69, 9.17) is 16.7 Å². The molecule has 0 rings (SSSR count). The normalized spacial score (nSPS) is 9.62. The Morgan fingerprint density at radius 2 is 2.12 bits per heavy atom. The lowest BCUT2D eigenvalue weighted by Gasteiger charge is -1.77. The quantitative estimate of drug-likeness (QED) is 0.455. The van der Waals surface area contributed by atoms with E-state index in [1.165, 1.54) is 6.08 Å². The molecule has 44 valence electrons. The molecule has 0 heterocycles. The number of carboxylic acids is 1. The average Bonchev–Trinajstić information content (AvgIpc) is 1.61. The molecule has 0 aromatic carbocycles. The summed E-state index contributed by atoms with van der Waals surface area (Å²) in [7, 11) is 0. The fourth-order valence-electron chi connectivity index (χ4n) is 0.162. The number of aliphatic carboxylic acids is 1. The van der Waals surface area contributed by atoms with Crippen molar-refractivity contribution in [1.29, 1.82) is 0 Å². The monoisotopic (exact) mass is 132 g/mol. The van der Waals surface area contributed by atoms with Crippen molar-refractivity contribution in [3.63, 3.8) is 0 Å². The van der Waals surface area contributed by atoms with Crippen LogP contribution in [0, 0.1) is 0 Å². The summed E-state index contributed by atoms with van der Waals surface area (Å²) in [5, 5.41) is 8.19. The standard InChI is InChI=1S/C5H5ClO2/c1-4(6)2-3-5(7)8/h2-3H,1H2,(H,7,8)/b3-2+. The van der Waals surface area contributed by atoms with Gasteiger partial charge >= 0.3 is 5.97 Å². The first-order valence-electron chi connectivity index (χ1n) is 1.88. The number of hydrogen-bond acceptors (Lipinski definition) is 1. The van der Waals surface area contributed by atoms with Crippen LogP contribution in [0.25, 0.3) is 0 Å². The van der Waals surface area contributed by atoms with Crippen LogP contribution in [-0.2, 0) is 4.79 Å². The molecule has 0 saturated carbocycles. The Bertz CT molecular complexity index is 121. The molecule has 0 aromatic heterocycles. The van der Waals surface area contributed by atoms with Crippen LogP contribution in [0.1, 0.15) is 0 Å². The van der Waals surface area contributed by atoms with E-state index < -0.39 is 5.97 Å². The Hall–Kier alpha value is -0.760. The number of halogens is 1. The van der Waals surface area contributed by atoms with E-state index in [1.807, 2.05) is 0 Å². The van der Waals surface area contributed by atoms with E-state index >= 15 is 0 Å². The van der Waals surface area contributed by atoms with Crippen molar-refractivity contribution < 1.29 is 9.90 Å². The Labute approximate surface area is 52.1 Å². The first kappa shape index (κ1) is 7.24. The third-order valence-electron chi connectivity index (χ3n) is 0.407. The van der Waals surface area contributed by atoms with Gasteiger partial charge in [-0.3, -0.25) is 0 Å². The smallest absolute Gasteiger partial charge is 0.328 e. The molecular formula is C5H5ClO2. The third kappa shape index (κ3) is 5.24. The van der Waals surface area contributed by atoms with E-state index in [2.05, 4.69) is 6.58 Å². The van der Waals surface area contributed by atoms with E-state index in [0.717, 1.165) is 6.08 Å². The summed E-state index contributed by atoms with van der Waals surface area (Å²) >= 11 is 5.18. The second-order valence-electron chi connectivity index (χ2n) is 1.12. The lowest BCUT2D eigenvalue weighted by atomic mass is 10.5. The van der Waals surface area contributed by atoms with Gasteiger partial charge in [0, 0.05) is 11.1 Å². The van der Waals surface area contributed by atoms with Gasteiger partial charge in [0.1, 0.15) is 0 Å². The van der Waals surface area contributed by atoms with Gasteiger partial charge in [-0.15, -0.1) is 0 Å². The molecule has 0 aliphatic rings. The Morgan fingerprint density at radius 1 is 1.62 bits per heavy atom. The lowest BCUT2D eigenvalue weighted by molar-refractivity contribution is -0.131. The molecule has 0 unspecified atom stereocenters. The molecule has 0 atom stereocenters. The van der Waals surface area contributed by atoms with Gasteiger partial charge in [0.15, 0.2) is 0 Å². The molecule has 1 N–H and O–H groups in total. The van der Waals surface area contributed by atoms with Crippen molar-refractivity contribution in [3.8, 4) is 0 Å². The maximum absolute atomic E-state index is 9.72. The maximum Gasteiger partial charge on any atom is 0.328 e. The number of carboxylic acid groups (broad SMARTS) is 1. The summed E-state index contributed by atoms with van der Waals surface area (Å²) in [5.74, 6) is -1.02. The zero-order valence-electron chi connectivity index (χ0n) is 4.10. The molecule has 0 bridgehead atoms. The van der Waals surface area contributed by atoms with Crippen LogP contribution in [0.4, 0.5) is 0 Å². The van der Waals surface area contributed by atoms with Crippen molar-refractivity contribution in [3.05, 3.63) is 23.8 Å². The van der Waals surface area contributed by atoms with Crippen molar-refractivity contribution in [2.45, 2.75) is 0 Å². The summed E-state index contributed by atoms with van der Waals surface area (Å²) in [6.45, 7) is 3.24. The fourth-order valence-corrected chi connectivity index (χ4v) is 0.225. The molecule has 0 amide bonds. The second-order valence-corrected chi connectivity index (χ2v) is 1.60. The van der Waals surface area contributed by atoms with E-state index in [1.54, 1.807) is 0 Å². The Balaban J connectivity index is 3.67. The predicted molar refractivity (Wildman–Crippen MR) is 31.8 cm³/mol. The van der Waals surface area contributed by atoms with Crippen LogP contribution in [0.5, 0.6) is 0 Å². The highest BCUT2D eigenvalue weighted by Gasteiger charge is 1.83. The van der Waals surface area contributed by atoms with E-state index in [9.17, 15) is 4.79 Å². The van der Waals surface area contributed by atoms with Crippen molar-refractivity contribution in [1.82, 2.24) is 0 Å². The molecule has 0 aliphatic heterocycles. The Kier molecular flexibility index (Phi) is 2.96. The van der Waals surface area contributed by atoms with Crippen LogP contribution in [0.2, 0.25) is 0 Å². The zero-order valence-corrected chi connectivity index (χ0v) is 4.85. The van der Waals surface area contributed by atoms with Crippen LogP contribution in [0.3, 0.4) is 0 Å². The summed E-state index contributed by atoms with van der Waals surface area (Å²) in [6, 6.07) is 0. The lowest BCUT2D eigenvalue weighted by Crippen LogP contribution is -1.84. The molecular weight excluding hydrogens is 128 g/mol. The summed E-state index contributed by atoms with van der Waals surface area (Å²) < 4.78 is 0. The van der Waals surface area contributed by atoms with Crippen LogP contribution in [0.15, 0.2) is 23.8 Å². The van der Waals surface area contributed by atoms with Gasteiger partial charge in [-0.05, 0) is 6.08 Å². The number of allylic oxidation sites excluding steroid dienone is 2. The minimum Gasteiger partial charge on any atom is -0.478 e. The molecule has 0 radical (unpaired) electrons. The van der Waals surface area contributed by atoms with Gasteiger partial charge in [-0.25, -0.2) is 4.79 Å². The zero-order chi connectivity index (χ0) is 6.57. The van der Waals surface area contributed by atoms with Gasteiger partial charge < -0.3 is 5.11 Å².